The van der Waals surface area contributed by atoms with E-state index in [9.17, 15) is 8.42 Å². The molecule has 2 fully saturated rings. The maximum absolute atomic E-state index is 12.8. The van der Waals surface area contributed by atoms with Crippen LogP contribution in [-0.4, -0.2) is 36.0 Å². The van der Waals surface area contributed by atoms with Crippen molar-refractivity contribution in [1.82, 2.24) is 14.4 Å². The maximum atomic E-state index is 12.8. The predicted octanol–water partition coefficient (Wildman–Crippen LogP) is 2.51. The second-order valence-electron chi connectivity index (χ2n) is 6.69. The van der Waals surface area contributed by atoms with Crippen LogP contribution in [0, 0.1) is 0 Å². The molecule has 9 heteroatoms. The van der Waals surface area contributed by atoms with E-state index in [1.807, 2.05) is 0 Å². The summed E-state index contributed by atoms with van der Waals surface area (Å²) in [6.45, 7) is 1.03. The van der Waals surface area contributed by atoms with Crippen molar-refractivity contribution < 1.29 is 12.9 Å². The van der Waals surface area contributed by atoms with Crippen molar-refractivity contribution in [1.29, 1.82) is 0 Å². The van der Waals surface area contributed by atoms with Crippen molar-refractivity contribution >= 4 is 21.6 Å². The molecule has 4 rings (SSSR count). The molecule has 2 aromatic rings. The number of halogens is 1. The Balaban J connectivity index is 1.70. The molecule has 0 atom stereocenters. The predicted molar refractivity (Wildman–Crippen MR) is 92.5 cm³/mol. The molecule has 0 bridgehead atoms. The van der Waals surface area contributed by atoms with Crippen LogP contribution in [0.1, 0.15) is 37.9 Å². The normalized spacial score (nSPS) is 20.6. The quantitative estimate of drug-likeness (QED) is 0.871. The van der Waals surface area contributed by atoms with Gasteiger partial charge in [0.2, 0.25) is 10.0 Å². The van der Waals surface area contributed by atoms with E-state index in [4.69, 9.17) is 21.9 Å². The molecule has 0 radical (unpaired) electrons. The minimum atomic E-state index is -3.63. The summed E-state index contributed by atoms with van der Waals surface area (Å²) in [7, 11) is -3.63. The third kappa shape index (κ3) is 2.87. The lowest BCUT2D eigenvalue weighted by atomic mass is 9.77. The Kier molecular flexibility index (Phi) is 4.10. The van der Waals surface area contributed by atoms with E-state index >= 15 is 0 Å². The van der Waals surface area contributed by atoms with Crippen molar-refractivity contribution in [3.63, 3.8) is 0 Å². The largest absolute Gasteiger partial charge is 0.334 e. The Hall–Kier alpha value is -1.48. The number of aromatic nitrogens is 2. The molecule has 7 nitrogen and oxygen atoms in total. The van der Waals surface area contributed by atoms with Gasteiger partial charge in [0.25, 0.3) is 5.89 Å². The fraction of sp³-hybridized carbons (Fsp3) is 0.500. The summed E-state index contributed by atoms with van der Waals surface area (Å²) < 4.78 is 32.4. The highest BCUT2D eigenvalue weighted by molar-refractivity contribution is 7.89. The molecule has 1 saturated heterocycles. The second-order valence-corrected chi connectivity index (χ2v) is 9.00. The first kappa shape index (κ1) is 17.0. The van der Waals surface area contributed by atoms with Gasteiger partial charge in [0.1, 0.15) is 4.90 Å². The molecule has 2 aliphatic rings. The lowest BCUT2D eigenvalue weighted by Crippen LogP contribution is -2.44. The SMILES string of the molecule is NC1(c2noc(-c3ccc(Cl)c(S(=O)(=O)N4CCCC4)c3)n2)CCC1. The van der Waals surface area contributed by atoms with Gasteiger partial charge < -0.3 is 10.3 Å². The molecule has 1 aliphatic carbocycles. The fourth-order valence-electron chi connectivity index (χ4n) is 3.23. The molecule has 0 unspecified atom stereocenters. The summed E-state index contributed by atoms with van der Waals surface area (Å²) in [4.78, 5) is 4.44. The smallest absolute Gasteiger partial charge is 0.258 e. The average molecular weight is 383 g/mol. The van der Waals surface area contributed by atoms with Crippen LogP contribution in [0.2, 0.25) is 5.02 Å². The first-order valence-electron chi connectivity index (χ1n) is 8.33. The van der Waals surface area contributed by atoms with Crippen molar-refractivity contribution in [3.05, 3.63) is 29.0 Å². The monoisotopic (exact) mass is 382 g/mol. The standard InChI is InChI=1S/C16H19ClN4O3S/c17-12-5-4-11(10-13(12)25(22,23)21-8-1-2-9-21)14-19-15(20-24-14)16(18)6-3-7-16/h4-5,10H,1-3,6-9,18H2. The van der Waals surface area contributed by atoms with Gasteiger partial charge in [-0.05, 0) is 50.3 Å². The first-order valence-corrected chi connectivity index (χ1v) is 10.2. The zero-order chi connectivity index (χ0) is 17.7. The van der Waals surface area contributed by atoms with Crippen LogP contribution in [0.25, 0.3) is 11.5 Å². The van der Waals surface area contributed by atoms with Crippen LogP contribution in [0.4, 0.5) is 0 Å². The Morgan fingerprint density at radius 1 is 1.20 bits per heavy atom. The average Bonchev–Trinajstić information content (AvgIpc) is 3.25. The third-order valence-corrected chi connectivity index (χ3v) is 7.36. The van der Waals surface area contributed by atoms with E-state index in [0.717, 1.165) is 32.1 Å². The molecule has 2 N–H and O–H groups in total. The van der Waals surface area contributed by atoms with Crippen molar-refractivity contribution in [2.75, 3.05) is 13.1 Å². The summed E-state index contributed by atoms with van der Waals surface area (Å²) in [5.41, 5.74) is 6.20. The van der Waals surface area contributed by atoms with Gasteiger partial charge in [-0.2, -0.15) is 9.29 Å². The minimum Gasteiger partial charge on any atom is -0.334 e. The maximum Gasteiger partial charge on any atom is 0.258 e. The van der Waals surface area contributed by atoms with Gasteiger partial charge in [-0.1, -0.05) is 16.8 Å². The molecule has 1 aromatic carbocycles. The van der Waals surface area contributed by atoms with E-state index < -0.39 is 15.6 Å². The molecule has 1 aliphatic heterocycles. The highest BCUT2D eigenvalue weighted by atomic mass is 35.5. The van der Waals surface area contributed by atoms with E-state index in [0.29, 0.717) is 24.5 Å². The van der Waals surface area contributed by atoms with Crippen molar-refractivity contribution in [2.24, 2.45) is 5.73 Å². The Morgan fingerprint density at radius 3 is 2.56 bits per heavy atom. The fourth-order valence-corrected chi connectivity index (χ4v) is 5.24. The summed E-state index contributed by atoms with van der Waals surface area (Å²) in [5, 5.41) is 4.16. The lowest BCUT2D eigenvalue weighted by Gasteiger charge is -2.34. The van der Waals surface area contributed by atoms with Crippen LogP contribution in [-0.2, 0) is 15.6 Å². The van der Waals surface area contributed by atoms with Gasteiger partial charge in [-0.15, -0.1) is 0 Å². The second kappa shape index (κ2) is 6.05. The summed E-state index contributed by atoms with van der Waals surface area (Å²) in [6.07, 6.45) is 4.41. The van der Waals surface area contributed by atoms with Gasteiger partial charge >= 0.3 is 0 Å². The van der Waals surface area contributed by atoms with E-state index in [2.05, 4.69) is 10.1 Å². The van der Waals surface area contributed by atoms with Crippen molar-refractivity contribution in [2.45, 2.75) is 42.5 Å². The number of sulfonamides is 1. The summed E-state index contributed by atoms with van der Waals surface area (Å²) in [5.74, 6) is 0.717. The Morgan fingerprint density at radius 2 is 1.92 bits per heavy atom. The molecule has 1 aromatic heterocycles. The molecule has 134 valence electrons. The molecule has 0 amide bonds. The summed E-state index contributed by atoms with van der Waals surface area (Å²) in [6, 6.07) is 4.72. The zero-order valence-electron chi connectivity index (χ0n) is 13.6. The Bertz CT molecular complexity index is 902. The van der Waals surface area contributed by atoms with Gasteiger partial charge in [-0.25, -0.2) is 8.42 Å². The van der Waals surface area contributed by atoms with E-state index in [1.165, 1.54) is 10.4 Å². The number of hydrogen-bond donors (Lipinski definition) is 1. The van der Waals surface area contributed by atoms with Crippen LogP contribution >= 0.6 is 11.6 Å². The third-order valence-electron chi connectivity index (χ3n) is 4.98. The van der Waals surface area contributed by atoms with Crippen LogP contribution in [0.15, 0.2) is 27.6 Å². The number of nitrogens with zero attached hydrogens (tertiary/aromatic N) is 3. The first-order chi connectivity index (χ1) is 11.9. The van der Waals surface area contributed by atoms with Gasteiger partial charge in [-0.3, -0.25) is 0 Å². The topological polar surface area (TPSA) is 102 Å². The van der Waals surface area contributed by atoms with Gasteiger partial charge in [0, 0.05) is 18.7 Å². The lowest BCUT2D eigenvalue weighted by molar-refractivity contribution is 0.229. The molecule has 0 spiro atoms. The van der Waals surface area contributed by atoms with Crippen molar-refractivity contribution in [3.8, 4) is 11.5 Å². The Labute approximate surface area is 151 Å². The molecule has 2 heterocycles. The minimum absolute atomic E-state index is 0.0689. The highest BCUT2D eigenvalue weighted by Gasteiger charge is 2.39. The van der Waals surface area contributed by atoms with E-state index in [-0.39, 0.29) is 15.8 Å². The number of rotatable bonds is 4. The molecule has 25 heavy (non-hydrogen) atoms. The highest BCUT2D eigenvalue weighted by Crippen LogP contribution is 2.38. The van der Waals surface area contributed by atoms with Crippen LogP contribution < -0.4 is 5.73 Å². The molecule has 1 saturated carbocycles. The van der Waals surface area contributed by atoms with Crippen LogP contribution in [0.5, 0.6) is 0 Å². The van der Waals surface area contributed by atoms with Gasteiger partial charge in [0.15, 0.2) is 5.82 Å². The molecular weight excluding hydrogens is 364 g/mol. The van der Waals surface area contributed by atoms with E-state index in [1.54, 1.807) is 12.1 Å². The van der Waals surface area contributed by atoms with Crippen LogP contribution in [0.3, 0.4) is 0 Å². The van der Waals surface area contributed by atoms with Gasteiger partial charge in [0.05, 0.1) is 10.6 Å². The zero-order valence-corrected chi connectivity index (χ0v) is 15.2. The number of hydrogen-bond acceptors (Lipinski definition) is 6. The summed E-state index contributed by atoms with van der Waals surface area (Å²) >= 11 is 6.16. The number of nitrogens with two attached hydrogens (primary N) is 1. The number of benzene rings is 1. The molecular formula is C16H19ClN4O3S.